The minimum atomic E-state index is -0.283. The number of aromatic nitrogens is 2. The fourth-order valence-corrected chi connectivity index (χ4v) is 4.08. The maximum absolute atomic E-state index is 12.7. The van der Waals surface area contributed by atoms with Gasteiger partial charge in [-0.05, 0) is 36.8 Å². The van der Waals surface area contributed by atoms with Crippen molar-refractivity contribution in [2.75, 3.05) is 6.61 Å². The molecule has 0 amide bonds. The molecule has 4 rings (SSSR count). The predicted octanol–water partition coefficient (Wildman–Crippen LogP) is 5.33. The SMILES string of the molecule is CCCOC(=O)c1ncc2[nH]c3ccccc3c2c1C1CCCCC1. The number of nitrogens with one attached hydrogen (secondary N) is 1. The highest BCUT2D eigenvalue weighted by Gasteiger charge is 2.27. The molecule has 130 valence electrons. The molecule has 1 aromatic carbocycles. The second-order valence-corrected chi connectivity index (χ2v) is 6.95. The summed E-state index contributed by atoms with van der Waals surface area (Å²) < 4.78 is 5.43. The lowest BCUT2D eigenvalue weighted by Crippen LogP contribution is -2.15. The first kappa shape index (κ1) is 16.1. The van der Waals surface area contributed by atoms with E-state index in [1.165, 1.54) is 24.6 Å². The number of carbonyl (C=O) groups excluding carboxylic acids is 1. The van der Waals surface area contributed by atoms with Crippen LogP contribution in [0.3, 0.4) is 0 Å². The average molecular weight is 336 g/mol. The van der Waals surface area contributed by atoms with Crippen molar-refractivity contribution in [2.45, 2.75) is 51.4 Å². The van der Waals surface area contributed by atoms with E-state index < -0.39 is 0 Å². The standard InChI is InChI=1S/C21H24N2O2/c1-2-12-25-21(24)20-18(14-8-4-3-5-9-14)19-15-10-6-7-11-16(15)23-17(19)13-22-20/h6-7,10-11,13-14,23H,2-5,8-9,12H2,1H3. The summed E-state index contributed by atoms with van der Waals surface area (Å²) in [6, 6.07) is 8.29. The molecule has 1 aliphatic rings. The van der Waals surface area contributed by atoms with E-state index in [1.54, 1.807) is 6.20 Å². The molecule has 0 radical (unpaired) electrons. The third-order valence-electron chi connectivity index (χ3n) is 5.23. The zero-order valence-electron chi connectivity index (χ0n) is 14.7. The second-order valence-electron chi connectivity index (χ2n) is 6.95. The molecular formula is C21H24N2O2. The van der Waals surface area contributed by atoms with Gasteiger partial charge in [0, 0.05) is 16.3 Å². The van der Waals surface area contributed by atoms with Crippen LogP contribution in [0.1, 0.15) is 67.4 Å². The van der Waals surface area contributed by atoms with Crippen molar-refractivity contribution < 1.29 is 9.53 Å². The third-order valence-corrected chi connectivity index (χ3v) is 5.23. The summed E-state index contributed by atoms with van der Waals surface area (Å²) in [5.74, 6) is 0.0999. The normalized spacial score (nSPS) is 15.7. The summed E-state index contributed by atoms with van der Waals surface area (Å²) in [6.07, 6.45) is 8.55. The van der Waals surface area contributed by atoms with Gasteiger partial charge in [0.1, 0.15) is 0 Å². The molecule has 4 heteroatoms. The van der Waals surface area contributed by atoms with Crippen molar-refractivity contribution in [2.24, 2.45) is 0 Å². The minimum absolute atomic E-state index is 0.283. The van der Waals surface area contributed by atoms with Gasteiger partial charge in [-0.25, -0.2) is 9.78 Å². The summed E-state index contributed by atoms with van der Waals surface area (Å²) in [6.45, 7) is 2.45. The largest absolute Gasteiger partial charge is 0.461 e. The number of H-pyrrole nitrogens is 1. The van der Waals surface area contributed by atoms with Gasteiger partial charge in [0.25, 0.3) is 0 Å². The Hall–Kier alpha value is -2.36. The molecule has 0 spiro atoms. The number of hydrogen-bond acceptors (Lipinski definition) is 3. The van der Waals surface area contributed by atoms with Crippen molar-refractivity contribution in [3.05, 3.63) is 41.7 Å². The van der Waals surface area contributed by atoms with E-state index in [2.05, 4.69) is 28.2 Å². The molecule has 0 unspecified atom stereocenters. The molecule has 3 aromatic rings. The Bertz CT molecular complexity index is 907. The monoisotopic (exact) mass is 336 g/mol. The molecule has 4 nitrogen and oxygen atoms in total. The van der Waals surface area contributed by atoms with Crippen LogP contribution in [-0.2, 0) is 4.74 Å². The molecule has 0 atom stereocenters. The zero-order chi connectivity index (χ0) is 17.2. The van der Waals surface area contributed by atoms with Gasteiger partial charge in [-0.15, -0.1) is 0 Å². The molecular weight excluding hydrogens is 312 g/mol. The van der Waals surface area contributed by atoms with Crippen LogP contribution in [0.25, 0.3) is 21.8 Å². The highest BCUT2D eigenvalue weighted by Crippen LogP contribution is 2.40. The Kier molecular flexibility index (Phi) is 4.43. The molecule has 0 aliphatic heterocycles. The van der Waals surface area contributed by atoms with Crippen LogP contribution in [0, 0.1) is 0 Å². The number of esters is 1. The van der Waals surface area contributed by atoms with E-state index in [0.29, 0.717) is 18.2 Å². The van der Waals surface area contributed by atoms with Gasteiger partial charge < -0.3 is 9.72 Å². The molecule has 2 heterocycles. The Morgan fingerprint density at radius 1 is 1.20 bits per heavy atom. The first-order valence-electron chi connectivity index (χ1n) is 9.36. The molecule has 25 heavy (non-hydrogen) atoms. The fourth-order valence-electron chi connectivity index (χ4n) is 4.08. The van der Waals surface area contributed by atoms with Crippen LogP contribution in [0.5, 0.6) is 0 Å². The van der Waals surface area contributed by atoms with Crippen LogP contribution >= 0.6 is 0 Å². The second kappa shape index (κ2) is 6.87. The van der Waals surface area contributed by atoms with Crippen molar-refractivity contribution in [3.8, 4) is 0 Å². The summed E-state index contributed by atoms with van der Waals surface area (Å²) in [4.78, 5) is 20.7. The number of fused-ring (bicyclic) bond motifs is 3. The first-order chi connectivity index (χ1) is 12.3. The first-order valence-corrected chi connectivity index (χ1v) is 9.36. The maximum Gasteiger partial charge on any atom is 0.357 e. The molecule has 0 bridgehead atoms. The number of hydrogen-bond donors (Lipinski definition) is 1. The Balaban J connectivity index is 1.94. The van der Waals surface area contributed by atoms with E-state index in [0.717, 1.165) is 41.2 Å². The van der Waals surface area contributed by atoms with Crippen molar-refractivity contribution >= 4 is 27.8 Å². The number of ether oxygens (including phenoxy) is 1. The topological polar surface area (TPSA) is 55.0 Å². The van der Waals surface area contributed by atoms with Gasteiger partial charge in [0.15, 0.2) is 5.69 Å². The molecule has 1 N–H and O–H groups in total. The van der Waals surface area contributed by atoms with Gasteiger partial charge in [-0.2, -0.15) is 0 Å². The summed E-state index contributed by atoms with van der Waals surface area (Å²) in [5, 5.41) is 2.32. The van der Waals surface area contributed by atoms with Gasteiger partial charge in [-0.3, -0.25) is 0 Å². The van der Waals surface area contributed by atoms with Crippen LogP contribution in [0.2, 0.25) is 0 Å². The zero-order valence-corrected chi connectivity index (χ0v) is 14.7. The number of benzene rings is 1. The molecule has 2 aromatic heterocycles. The lowest BCUT2D eigenvalue weighted by Gasteiger charge is -2.24. The third kappa shape index (κ3) is 2.90. The van der Waals surface area contributed by atoms with Crippen LogP contribution in [-0.4, -0.2) is 22.5 Å². The number of para-hydroxylation sites is 1. The Morgan fingerprint density at radius 3 is 2.80 bits per heavy atom. The molecule has 1 fully saturated rings. The minimum Gasteiger partial charge on any atom is -0.461 e. The van der Waals surface area contributed by atoms with Crippen LogP contribution in [0.15, 0.2) is 30.5 Å². The van der Waals surface area contributed by atoms with Gasteiger partial charge in [0.05, 0.1) is 18.3 Å². The van der Waals surface area contributed by atoms with Crippen LogP contribution in [0.4, 0.5) is 0 Å². The maximum atomic E-state index is 12.7. The Morgan fingerprint density at radius 2 is 2.00 bits per heavy atom. The molecule has 1 saturated carbocycles. The fraction of sp³-hybridized carbons (Fsp3) is 0.429. The predicted molar refractivity (Wildman–Crippen MR) is 100.0 cm³/mol. The number of rotatable bonds is 4. The van der Waals surface area contributed by atoms with E-state index in [-0.39, 0.29) is 5.97 Å². The summed E-state index contributed by atoms with van der Waals surface area (Å²) in [7, 11) is 0. The van der Waals surface area contributed by atoms with Crippen LogP contribution < -0.4 is 0 Å². The Labute approximate surface area is 147 Å². The van der Waals surface area contributed by atoms with E-state index in [9.17, 15) is 4.79 Å². The lowest BCUT2D eigenvalue weighted by molar-refractivity contribution is 0.0496. The quantitative estimate of drug-likeness (QED) is 0.655. The summed E-state index contributed by atoms with van der Waals surface area (Å²) >= 11 is 0. The van der Waals surface area contributed by atoms with E-state index in [4.69, 9.17) is 4.74 Å². The van der Waals surface area contributed by atoms with Gasteiger partial charge in [0.2, 0.25) is 0 Å². The smallest absolute Gasteiger partial charge is 0.357 e. The number of carbonyl (C=O) groups is 1. The van der Waals surface area contributed by atoms with Gasteiger partial charge in [-0.1, -0.05) is 44.4 Å². The van der Waals surface area contributed by atoms with Crippen molar-refractivity contribution in [1.29, 1.82) is 0 Å². The molecule has 0 saturated heterocycles. The molecule has 1 aliphatic carbocycles. The number of nitrogens with zero attached hydrogens (tertiary/aromatic N) is 1. The number of pyridine rings is 1. The highest BCUT2D eigenvalue weighted by atomic mass is 16.5. The number of aromatic amines is 1. The highest BCUT2D eigenvalue weighted by molar-refractivity contribution is 6.11. The average Bonchev–Trinajstić information content (AvgIpc) is 3.04. The van der Waals surface area contributed by atoms with Crippen molar-refractivity contribution in [3.63, 3.8) is 0 Å². The van der Waals surface area contributed by atoms with E-state index >= 15 is 0 Å². The van der Waals surface area contributed by atoms with Gasteiger partial charge >= 0.3 is 5.97 Å². The summed E-state index contributed by atoms with van der Waals surface area (Å²) in [5.41, 5.74) is 3.71. The van der Waals surface area contributed by atoms with Crippen molar-refractivity contribution in [1.82, 2.24) is 9.97 Å². The lowest BCUT2D eigenvalue weighted by atomic mass is 9.81. The van der Waals surface area contributed by atoms with E-state index in [1.807, 2.05) is 13.0 Å².